The van der Waals surface area contributed by atoms with Crippen LogP contribution in [0.1, 0.15) is 200 Å². The minimum Gasteiger partial charge on any atom is -0.387 e. The molecule has 0 bridgehead atoms. The summed E-state index contributed by atoms with van der Waals surface area (Å²) in [4.78, 5) is 23.2. The summed E-state index contributed by atoms with van der Waals surface area (Å²) in [6, 6.07) is -0.880. The van der Waals surface area contributed by atoms with Crippen LogP contribution in [0.2, 0.25) is 0 Å². The van der Waals surface area contributed by atoms with Gasteiger partial charge < -0.3 is 19.8 Å². The molecule has 404 valence electrons. The summed E-state index contributed by atoms with van der Waals surface area (Å²) < 4.78 is 23.6. The number of hydrogen-bond donors (Lipinski definition) is 3. The number of aliphatic hydroxyl groups is 1. The molecule has 8 nitrogen and oxygen atoms in total. The molecule has 0 saturated heterocycles. The number of aliphatic hydroxyl groups excluding tert-OH is 1. The molecule has 9 heteroatoms. The summed E-state index contributed by atoms with van der Waals surface area (Å²) in [6.45, 7) is 4.65. The van der Waals surface area contributed by atoms with E-state index in [1.807, 2.05) is 27.2 Å². The maximum absolute atomic E-state index is 12.9. The second kappa shape index (κ2) is 51.5. The zero-order valence-electron chi connectivity index (χ0n) is 45.9. The summed E-state index contributed by atoms with van der Waals surface area (Å²) in [6.07, 6.45) is 78.3. The first-order valence-electron chi connectivity index (χ1n) is 28.1. The topological polar surface area (TPSA) is 105 Å². The Morgan fingerprint density at radius 1 is 0.493 bits per heavy atom. The van der Waals surface area contributed by atoms with Crippen molar-refractivity contribution in [3.05, 3.63) is 134 Å². The first-order valence-corrected chi connectivity index (χ1v) is 29.6. The number of phosphoric acid groups is 1. The van der Waals surface area contributed by atoms with E-state index in [1.54, 1.807) is 6.08 Å². The number of likely N-dealkylation sites (N-methyl/N-ethyl adjacent to an activating group) is 1. The molecule has 0 radical (unpaired) electrons. The highest BCUT2D eigenvalue weighted by Crippen LogP contribution is 2.43. The van der Waals surface area contributed by atoms with Crippen LogP contribution in [0.25, 0.3) is 0 Å². The molecule has 0 fully saturated rings. The Morgan fingerprint density at radius 3 is 1.24 bits per heavy atom. The third-order valence-corrected chi connectivity index (χ3v) is 12.6. The number of rotatable bonds is 49. The van der Waals surface area contributed by atoms with Gasteiger partial charge in [0.15, 0.2) is 0 Å². The molecule has 3 N–H and O–H groups in total. The molecule has 0 aliphatic rings. The lowest BCUT2D eigenvalue weighted by atomic mass is 10.0. The minimum atomic E-state index is -4.37. The average molecular weight is 1010 g/mol. The van der Waals surface area contributed by atoms with Gasteiger partial charge in [0.05, 0.1) is 39.9 Å². The van der Waals surface area contributed by atoms with Gasteiger partial charge in [-0.25, -0.2) is 4.57 Å². The molecule has 0 aliphatic heterocycles. The van der Waals surface area contributed by atoms with Crippen LogP contribution in [0.4, 0.5) is 0 Å². The molecule has 0 rings (SSSR count). The monoisotopic (exact) mass is 1010 g/mol. The van der Waals surface area contributed by atoms with Gasteiger partial charge >= 0.3 is 7.82 Å². The Hall–Kier alpha value is -3.36. The number of nitrogens with zero attached hydrogens (tertiary/aromatic N) is 1. The van der Waals surface area contributed by atoms with Gasteiger partial charge in [0.25, 0.3) is 0 Å². The number of amides is 1. The van der Waals surface area contributed by atoms with Crippen LogP contribution in [-0.2, 0) is 18.4 Å². The van der Waals surface area contributed by atoms with E-state index in [9.17, 15) is 19.4 Å². The molecular formula is C62H106N2O6P+. The average Bonchev–Trinajstić information content (AvgIpc) is 3.33. The molecule has 0 aromatic rings. The standard InChI is InChI=1S/C62H105N2O6P/c1-6-8-10-12-14-16-18-20-22-24-25-26-27-28-29-30-31-32-33-34-35-36-37-38-39-40-42-44-46-48-50-52-54-56-62(66)63-60(59-70-71(67,68)69-58-57-64(3,4)5)61(65)55-53-51-49-47-45-43-41-23-21-19-17-15-13-11-9-7-2/h8,10,14,16,20,22,25-26,28-29,31-32,34-35,37-38,40,42,46,48,53,55,60-61,65H,6-7,9,11-13,15,17-19,21,23-24,27,30,33,36,39,41,43-45,47,49-52,54,56-59H2,1-5H3,(H-,63,66,67,68)/p+1/b10-8-,16-14-,22-20-,26-25-,29-28-,32-31-,35-34-,38-37-,42-40-,48-46-,55-53+. The van der Waals surface area contributed by atoms with E-state index in [0.717, 1.165) is 96.3 Å². The van der Waals surface area contributed by atoms with Crippen molar-refractivity contribution in [2.45, 2.75) is 212 Å². The Labute approximate surface area is 436 Å². The van der Waals surface area contributed by atoms with Crippen molar-refractivity contribution >= 4 is 13.7 Å². The fourth-order valence-corrected chi connectivity index (χ4v) is 7.98. The zero-order chi connectivity index (χ0) is 52.0. The molecule has 0 aliphatic carbocycles. The van der Waals surface area contributed by atoms with Crippen LogP contribution in [0.5, 0.6) is 0 Å². The van der Waals surface area contributed by atoms with Crippen LogP contribution in [0.3, 0.4) is 0 Å². The van der Waals surface area contributed by atoms with Gasteiger partial charge in [0, 0.05) is 6.42 Å². The van der Waals surface area contributed by atoms with Crippen molar-refractivity contribution < 1.29 is 32.9 Å². The van der Waals surface area contributed by atoms with Gasteiger partial charge in [-0.05, 0) is 96.3 Å². The van der Waals surface area contributed by atoms with Crippen molar-refractivity contribution in [3.8, 4) is 0 Å². The van der Waals surface area contributed by atoms with Crippen LogP contribution < -0.4 is 5.32 Å². The Morgan fingerprint density at radius 2 is 0.845 bits per heavy atom. The van der Waals surface area contributed by atoms with Gasteiger partial charge in [-0.3, -0.25) is 13.8 Å². The number of nitrogens with one attached hydrogen (secondary N) is 1. The van der Waals surface area contributed by atoms with Crippen LogP contribution in [0.15, 0.2) is 134 Å². The number of carbonyl (C=O) groups is 1. The molecule has 0 aromatic carbocycles. The SMILES string of the molecule is CC/C=C\C/C=C\C/C=C\C/C=C\C/C=C\C/C=C\C/C=C\C/C=C\C/C=C\C/C=C\CCCCC(=O)NC(COP(=O)(O)OCC[N+](C)(C)C)C(O)/C=C/CCCCCCCCCCCCCCCC. The lowest BCUT2D eigenvalue weighted by molar-refractivity contribution is -0.870. The van der Waals surface area contributed by atoms with Crippen molar-refractivity contribution in [3.63, 3.8) is 0 Å². The van der Waals surface area contributed by atoms with Crippen molar-refractivity contribution in [2.75, 3.05) is 40.9 Å². The Balaban J connectivity index is 4.35. The highest BCUT2D eigenvalue weighted by Gasteiger charge is 2.27. The highest BCUT2D eigenvalue weighted by atomic mass is 31.2. The summed E-state index contributed by atoms with van der Waals surface area (Å²) in [7, 11) is 1.52. The van der Waals surface area contributed by atoms with Crippen molar-refractivity contribution in [1.29, 1.82) is 0 Å². The smallest absolute Gasteiger partial charge is 0.387 e. The van der Waals surface area contributed by atoms with Crippen molar-refractivity contribution in [1.82, 2.24) is 5.32 Å². The van der Waals surface area contributed by atoms with Gasteiger partial charge in [-0.15, -0.1) is 0 Å². The molecule has 3 unspecified atom stereocenters. The third-order valence-electron chi connectivity index (χ3n) is 11.6. The zero-order valence-corrected chi connectivity index (χ0v) is 46.8. The summed E-state index contributed by atoms with van der Waals surface area (Å²) in [5.74, 6) is -0.225. The molecule has 0 spiro atoms. The lowest BCUT2D eigenvalue weighted by Crippen LogP contribution is -2.45. The lowest BCUT2D eigenvalue weighted by Gasteiger charge is -2.25. The summed E-state index contributed by atoms with van der Waals surface area (Å²) in [5.41, 5.74) is 0. The molecule has 3 atom stereocenters. The largest absolute Gasteiger partial charge is 0.472 e. The second-order valence-corrected chi connectivity index (χ2v) is 21.0. The van der Waals surface area contributed by atoms with E-state index >= 15 is 0 Å². The Kier molecular flexibility index (Phi) is 49.1. The van der Waals surface area contributed by atoms with Crippen LogP contribution in [0, 0.1) is 0 Å². The number of carbonyl (C=O) groups excluding carboxylic acids is 1. The van der Waals surface area contributed by atoms with Gasteiger partial charge in [0.1, 0.15) is 13.2 Å². The van der Waals surface area contributed by atoms with E-state index in [2.05, 4.69) is 141 Å². The molecule has 0 saturated carbocycles. The minimum absolute atomic E-state index is 0.0454. The van der Waals surface area contributed by atoms with Crippen molar-refractivity contribution in [2.24, 2.45) is 0 Å². The van der Waals surface area contributed by atoms with E-state index in [0.29, 0.717) is 23.9 Å². The fraction of sp³-hybridized carbons (Fsp3) is 0.629. The van der Waals surface area contributed by atoms with Gasteiger partial charge in [-0.1, -0.05) is 231 Å². The fourth-order valence-electron chi connectivity index (χ4n) is 7.24. The maximum Gasteiger partial charge on any atom is 0.472 e. The molecule has 71 heavy (non-hydrogen) atoms. The normalized spacial score (nSPS) is 15.0. The van der Waals surface area contributed by atoms with E-state index in [1.165, 1.54) is 77.0 Å². The third kappa shape index (κ3) is 54.3. The number of allylic oxidation sites excluding steroid dienone is 21. The van der Waals surface area contributed by atoms with Crippen LogP contribution in [-0.4, -0.2) is 73.4 Å². The number of quaternary nitrogens is 1. The number of hydrogen-bond acceptors (Lipinski definition) is 5. The quantitative estimate of drug-likeness (QED) is 0.0243. The predicted molar refractivity (Wildman–Crippen MR) is 308 cm³/mol. The number of unbranched alkanes of at least 4 members (excludes halogenated alkanes) is 16. The maximum atomic E-state index is 12.9. The highest BCUT2D eigenvalue weighted by molar-refractivity contribution is 7.47. The van der Waals surface area contributed by atoms with Crippen LogP contribution >= 0.6 is 7.82 Å². The molecule has 1 amide bonds. The van der Waals surface area contributed by atoms with E-state index in [-0.39, 0.29) is 19.1 Å². The summed E-state index contributed by atoms with van der Waals surface area (Å²) in [5, 5.41) is 13.9. The van der Waals surface area contributed by atoms with E-state index in [4.69, 9.17) is 9.05 Å². The molecule has 0 heterocycles. The second-order valence-electron chi connectivity index (χ2n) is 19.6. The van der Waals surface area contributed by atoms with Gasteiger partial charge in [-0.2, -0.15) is 0 Å². The van der Waals surface area contributed by atoms with E-state index < -0.39 is 20.0 Å². The molecule has 0 aromatic heterocycles. The first kappa shape index (κ1) is 67.6. The molecular weight excluding hydrogens is 900 g/mol. The number of phosphoric ester groups is 1. The Bertz CT molecular complexity index is 1610. The van der Waals surface area contributed by atoms with Gasteiger partial charge in [0.2, 0.25) is 5.91 Å². The summed E-state index contributed by atoms with van der Waals surface area (Å²) >= 11 is 0. The first-order chi connectivity index (χ1) is 34.5. The predicted octanol–water partition coefficient (Wildman–Crippen LogP) is 17.1.